The minimum absolute atomic E-state index is 0.104. The number of hydrogen-bond acceptors (Lipinski definition) is 3. The zero-order valence-corrected chi connectivity index (χ0v) is 11.7. The highest BCUT2D eigenvalue weighted by atomic mass is 15.3. The second-order valence-electron chi connectivity index (χ2n) is 5.58. The quantitative estimate of drug-likeness (QED) is 0.879. The Morgan fingerprint density at radius 3 is 2.50 bits per heavy atom. The smallest absolute Gasteiger partial charge is 0.0450 e. The van der Waals surface area contributed by atoms with E-state index >= 15 is 0 Å². The number of nitrogens with zero attached hydrogens (tertiary/aromatic N) is 2. The number of benzene rings is 1. The Bertz CT molecular complexity index is 363. The highest BCUT2D eigenvalue weighted by Gasteiger charge is 2.30. The van der Waals surface area contributed by atoms with Gasteiger partial charge < -0.3 is 10.6 Å². The molecular formula is C15H25N3. The first-order valence-electron chi connectivity index (χ1n) is 6.80. The van der Waals surface area contributed by atoms with Crippen molar-refractivity contribution in [2.45, 2.75) is 31.5 Å². The van der Waals surface area contributed by atoms with Crippen molar-refractivity contribution in [1.29, 1.82) is 0 Å². The molecule has 0 aliphatic carbocycles. The van der Waals surface area contributed by atoms with Gasteiger partial charge in [-0.3, -0.25) is 4.90 Å². The third kappa shape index (κ3) is 2.91. The third-order valence-corrected chi connectivity index (χ3v) is 4.21. The molecule has 1 saturated heterocycles. The van der Waals surface area contributed by atoms with Crippen LogP contribution < -0.4 is 5.73 Å². The van der Waals surface area contributed by atoms with E-state index in [1.54, 1.807) is 0 Å². The van der Waals surface area contributed by atoms with E-state index in [-0.39, 0.29) is 6.04 Å². The summed E-state index contributed by atoms with van der Waals surface area (Å²) >= 11 is 0. The van der Waals surface area contributed by atoms with Crippen LogP contribution in [0.4, 0.5) is 0 Å². The van der Waals surface area contributed by atoms with Gasteiger partial charge in [0.1, 0.15) is 0 Å². The summed E-state index contributed by atoms with van der Waals surface area (Å²) in [4.78, 5) is 4.84. The second-order valence-corrected chi connectivity index (χ2v) is 5.58. The Labute approximate surface area is 111 Å². The minimum Gasteiger partial charge on any atom is -0.323 e. The van der Waals surface area contributed by atoms with Crippen LogP contribution in [0.5, 0.6) is 0 Å². The number of hydrogen-bond donors (Lipinski definition) is 1. The average molecular weight is 247 g/mol. The summed E-state index contributed by atoms with van der Waals surface area (Å²) < 4.78 is 0. The Morgan fingerprint density at radius 1 is 1.28 bits per heavy atom. The van der Waals surface area contributed by atoms with Crippen LogP contribution in [0, 0.1) is 0 Å². The first kappa shape index (κ1) is 13.5. The summed E-state index contributed by atoms with van der Waals surface area (Å²) in [6.45, 7) is 4.54. The van der Waals surface area contributed by atoms with Gasteiger partial charge in [-0.05, 0) is 33.0 Å². The van der Waals surface area contributed by atoms with Gasteiger partial charge in [0.2, 0.25) is 0 Å². The fraction of sp³-hybridized carbons (Fsp3) is 0.600. The molecule has 0 bridgehead atoms. The molecule has 1 aliphatic heterocycles. The predicted molar refractivity (Wildman–Crippen MR) is 76.5 cm³/mol. The first-order valence-corrected chi connectivity index (χ1v) is 6.80. The average Bonchev–Trinajstić information content (AvgIpc) is 2.88. The van der Waals surface area contributed by atoms with Crippen LogP contribution in [0.1, 0.15) is 24.9 Å². The Morgan fingerprint density at radius 2 is 1.94 bits per heavy atom. The maximum absolute atomic E-state index is 6.38. The zero-order chi connectivity index (χ0) is 13.1. The van der Waals surface area contributed by atoms with E-state index in [0.29, 0.717) is 12.1 Å². The molecule has 0 aromatic heterocycles. The summed E-state index contributed by atoms with van der Waals surface area (Å²) in [6, 6.07) is 11.6. The molecule has 3 unspecified atom stereocenters. The second kappa shape index (κ2) is 5.83. The number of likely N-dealkylation sites (tertiary alicyclic amines) is 1. The molecule has 1 fully saturated rings. The van der Waals surface area contributed by atoms with E-state index in [1.807, 2.05) is 6.07 Å². The summed E-state index contributed by atoms with van der Waals surface area (Å²) in [7, 11) is 4.33. The maximum Gasteiger partial charge on any atom is 0.0450 e. The monoisotopic (exact) mass is 247 g/mol. The fourth-order valence-electron chi connectivity index (χ4n) is 2.74. The highest BCUT2D eigenvalue weighted by molar-refractivity contribution is 5.20. The third-order valence-electron chi connectivity index (χ3n) is 4.21. The van der Waals surface area contributed by atoms with Crippen molar-refractivity contribution in [1.82, 2.24) is 9.80 Å². The molecule has 1 aliphatic rings. The van der Waals surface area contributed by atoms with Crippen LogP contribution in [0.25, 0.3) is 0 Å². The van der Waals surface area contributed by atoms with E-state index in [2.05, 4.69) is 55.1 Å². The minimum atomic E-state index is 0.104. The van der Waals surface area contributed by atoms with Crippen molar-refractivity contribution in [2.75, 3.05) is 27.2 Å². The Balaban J connectivity index is 1.98. The Kier molecular flexibility index (Phi) is 4.38. The van der Waals surface area contributed by atoms with Gasteiger partial charge >= 0.3 is 0 Å². The van der Waals surface area contributed by atoms with Crippen molar-refractivity contribution in [3.63, 3.8) is 0 Å². The van der Waals surface area contributed by atoms with Gasteiger partial charge in [-0.25, -0.2) is 0 Å². The molecule has 0 saturated carbocycles. The van der Waals surface area contributed by atoms with Crippen LogP contribution in [-0.4, -0.2) is 49.1 Å². The molecular weight excluding hydrogens is 222 g/mol. The zero-order valence-electron chi connectivity index (χ0n) is 11.7. The fourth-order valence-corrected chi connectivity index (χ4v) is 2.74. The molecule has 2 rings (SSSR count). The first-order chi connectivity index (χ1) is 8.59. The molecule has 1 aromatic carbocycles. The molecule has 18 heavy (non-hydrogen) atoms. The highest BCUT2D eigenvalue weighted by Crippen LogP contribution is 2.23. The van der Waals surface area contributed by atoms with Crippen LogP contribution in [0.2, 0.25) is 0 Å². The molecule has 3 atom stereocenters. The molecule has 100 valence electrons. The van der Waals surface area contributed by atoms with Gasteiger partial charge in [-0.2, -0.15) is 0 Å². The molecule has 0 radical (unpaired) electrons. The standard InChI is InChI=1S/C15H25N3/c1-12(15(16)13-7-5-4-6-8-13)18-10-9-14(11-18)17(2)3/h4-8,12,14-15H,9-11,16H2,1-3H3. The van der Waals surface area contributed by atoms with Crippen LogP contribution >= 0.6 is 0 Å². The van der Waals surface area contributed by atoms with Crippen molar-refractivity contribution in [3.8, 4) is 0 Å². The van der Waals surface area contributed by atoms with Gasteiger partial charge in [0.25, 0.3) is 0 Å². The van der Waals surface area contributed by atoms with Crippen molar-refractivity contribution >= 4 is 0 Å². The van der Waals surface area contributed by atoms with E-state index in [0.717, 1.165) is 13.1 Å². The van der Waals surface area contributed by atoms with Gasteiger partial charge in [0, 0.05) is 31.2 Å². The van der Waals surface area contributed by atoms with Crippen LogP contribution in [-0.2, 0) is 0 Å². The normalized spacial score (nSPS) is 24.4. The number of nitrogens with two attached hydrogens (primary N) is 1. The van der Waals surface area contributed by atoms with Crippen LogP contribution in [0.15, 0.2) is 30.3 Å². The van der Waals surface area contributed by atoms with Crippen molar-refractivity contribution in [2.24, 2.45) is 5.73 Å². The number of likely N-dealkylation sites (N-methyl/N-ethyl adjacent to an activating group) is 1. The lowest BCUT2D eigenvalue weighted by atomic mass is 10.0. The summed E-state index contributed by atoms with van der Waals surface area (Å²) in [5, 5.41) is 0. The van der Waals surface area contributed by atoms with Crippen molar-refractivity contribution < 1.29 is 0 Å². The number of rotatable bonds is 4. The van der Waals surface area contributed by atoms with Gasteiger partial charge in [0.05, 0.1) is 0 Å². The Hall–Kier alpha value is -0.900. The van der Waals surface area contributed by atoms with E-state index in [1.165, 1.54) is 12.0 Å². The van der Waals surface area contributed by atoms with Gasteiger partial charge in [0.15, 0.2) is 0 Å². The molecule has 1 heterocycles. The largest absolute Gasteiger partial charge is 0.323 e. The molecule has 3 nitrogen and oxygen atoms in total. The summed E-state index contributed by atoms with van der Waals surface area (Å²) in [6.07, 6.45) is 1.25. The lowest BCUT2D eigenvalue weighted by Gasteiger charge is -2.30. The SMILES string of the molecule is CC(C(N)c1ccccc1)N1CCC(N(C)C)C1. The maximum atomic E-state index is 6.38. The molecule has 3 heteroatoms. The topological polar surface area (TPSA) is 32.5 Å². The summed E-state index contributed by atoms with van der Waals surface area (Å²) in [5.74, 6) is 0. The molecule has 0 spiro atoms. The van der Waals surface area contributed by atoms with Gasteiger partial charge in [-0.15, -0.1) is 0 Å². The van der Waals surface area contributed by atoms with Crippen LogP contribution in [0.3, 0.4) is 0 Å². The summed E-state index contributed by atoms with van der Waals surface area (Å²) in [5.41, 5.74) is 7.62. The predicted octanol–water partition coefficient (Wildman–Crippen LogP) is 1.71. The lowest BCUT2D eigenvalue weighted by Crippen LogP contribution is -2.41. The van der Waals surface area contributed by atoms with E-state index < -0.39 is 0 Å². The van der Waals surface area contributed by atoms with Gasteiger partial charge in [-0.1, -0.05) is 30.3 Å². The van der Waals surface area contributed by atoms with Crippen molar-refractivity contribution in [3.05, 3.63) is 35.9 Å². The van der Waals surface area contributed by atoms with E-state index in [4.69, 9.17) is 5.73 Å². The van der Waals surface area contributed by atoms with E-state index in [9.17, 15) is 0 Å². The lowest BCUT2D eigenvalue weighted by molar-refractivity contribution is 0.204. The molecule has 1 aromatic rings. The molecule has 2 N–H and O–H groups in total. The molecule has 0 amide bonds.